The van der Waals surface area contributed by atoms with Gasteiger partial charge in [-0.2, -0.15) is 0 Å². The number of carboxylic acids is 2. The number of carbonyl (C=O) groups is 2. The van der Waals surface area contributed by atoms with Gasteiger partial charge in [-0.05, 0) is 61.1 Å². The van der Waals surface area contributed by atoms with Crippen molar-refractivity contribution in [1.29, 1.82) is 0 Å². The number of rotatable bonds is 30. The Kier molecular flexibility index (Phi) is 31.7. The number of carboxylic acid groups (broad SMARTS) is 2. The van der Waals surface area contributed by atoms with Gasteiger partial charge in [0.05, 0.1) is 12.8 Å². The number of anilines is 2. The number of hydrogen-bond acceptors (Lipinski definition) is 4. The van der Waals surface area contributed by atoms with Crippen LogP contribution in [-0.4, -0.2) is 49.3 Å². The van der Waals surface area contributed by atoms with E-state index >= 15 is 0 Å². The van der Waals surface area contributed by atoms with Crippen LogP contribution in [0.3, 0.4) is 0 Å². The number of aliphatic carboxylic acids is 2. The molecule has 0 bridgehead atoms. The molecule has 2 aromatic carbocycles. The van der Waals surface area contributed by atoms with Crippen molar-refractivity contribution in [3.8, 4) is 0 Å². The van der Waals surface area contributed by atoms with Gasteiger partial charge in [0.2, 0.25) is 0 Å². The largest absolute Gasteiger partial charge is 0.481 e. The van der Waals surface area contributed by atoms with Crippen LogP contribution >= 0.6 is 0 Å². The molecule has 2 aromatic rings. The fourth-order valence-corrected chi connectivity index (χ4v) is 6.25. The van der Waals surface area contributed by atoms with Crippen LogP contribution in [0.4, 0.5) is 11.4 Å². The molecule has 2 N–H and O–H groups in total. The first-order valence-electron chi connectivity index (χ1n) is 20.3. The zero-order valence-corrected chi connectivity index (χ0v) is 33.9. The summed E-state index contributed by atoms with van der Waals surface area (Å²) in [5.74, 6) is -1.49. The number of aryl methyl sites for hydroxylation is 2. The van der Waals surface area contributed by atoms with Gasteiger partial charge in [0.1, 0.15) is 0 Å². The standard InChI is InChI=1S/2C22H37NO2.Ni/c2*1-3-4-5-6-7-8-9-10-11-12-13-20-14-16-21(17-15-20)23(2)19-18-22(24)25;/h2*14-17H,3-13,18-19H2,1-2H3,(H,24,25);. The normalized spacial score (nSPS) is 10.6. The zero-order chi connectivity index (χ0) is 36.7. The van der Waals surface area contributed by atoms with Crippen LogP contribution in [0, 0.1) is 0 Å². The minimum Gasteiger partial charge on any atom is -0.481 e. The molecule has 0 aromatic heterocycles. The zero-order valence-electron chi connectivity index (χ0n) is 32.9. The Balaban J connectivity index is 0.000000962. The maximum Gasteiger partial charge on any atom is 0.305 e. The van der Waals surface area contributed by atoms with Crippen molar-refractivity contribution < 1.29 is 36.3 Å². The van der Waals surface area contributed by atoms with Crippen molar-refractivity contribution >= 4 is 23.3 Å². The van der Waals surface area contributed by atoms with E-state index in [9.17, 15) is 9.59 Å². The molecule has 0 saturated carbocycles. The van der Waals surface area contributed by atoms with Crippen molar-refractivity contribution in [2.75, 3.05) is 37.0 Å². The molecule has 0 fully saturated rings. The van der Waals surface area contributed by atoms with Gasteiger partial charge >= 0.3 is 11.9 Å². The quantitative estimate of drug-likeness (QED) is 0.0611. The maximum absolute atomic E-state index is 10.6. The third-order valence-corrected chi connectivity index (χ3v) is 9.71. The summed E-state index contributed by atoms with van der Waals surface area (Å²) in [6.07, 6.45) is 30.1. The van der Waals surface area contributed by atoms with Gasteiger partial charge in [-0.25, -0.2) is 0 Å². The predicted octanol–water partition coefficient (Wildman–Crippen LogP) is 12.1. The molecular weight excluding hydrogens is 679 g/mol. The molecule has 294 valence electrons. The summed E-state index contributed by atoms with van der Waals surface area (Å²) in [6, 6.07) is 17.1. The average molecular weight is 754 g/mol. The van der Waals surface area contributed by atoms with Gasteiger partial charge in [0.15, 0.2) is 0 Å². The molecule has 51 heavy (non-hydrogen) atoms. The monoisotopic (exact) mass is 753 g/mol. The molecule has 0 heterocycles. The van der Waals surface area contributed by atoms with Gasteiger partial charge < -0.3 is 20.0 Å². The van der Waals surface area contributed by atoms with E-state index < -0.39 is 11.9 Å². The van der Waals surface area contributed by atoms with Gasteiger partial charge in [-0.3, -0.25) is 9.59 Å². The Hall–Kier alpha value is -2.53. The van der Waals surface area contributed by atoms with Crippen LogP contribution in [0.5, 0.6) is 0 Å². The molecule has 2 rings (SSSR count). The molecular formula is C44H74N2NiO4. The minimum atomic E-state index is -0.746. The molecule has 0 unspecified atom stereocenters. The number of nitrogens with zero attached hydrogens (tertiary/aromatic N) is 2. The third-order valence-electron chi connectivity index (χ3n) is 9.71. The van der Waals surface area contributed by atoms with Crippen LogP contribution < -0.4 is 9.80 Å². The van der Waals surface area contributed by atoms with Crippen LogP contribution in [0.15, 0.2) is 48.5 Å². The Morgan fingerprint density at radius 2 is 0.706 bits per heavy atom. The molecule has 7 heteroatoms. The van der Waals surface area contributed by atoms with E-state index in [1.165, 1.54) is 140 Å². The Bertz CT molecular complexity index is 1010. The van der Waals surface area contributed by atoms with Gasteiger partial charge in [-0.15, -0.1) is 0 Å². The van der Waals surface area contributed by atoms with E-state index in [-0.39, 0.29) is 29.3 Å². The number of benzene rings is 2. The first kappa shape index (κ1) is 48.5. The van der Waals surface area contributed by atoms with Crippen LogP contribution in [0.1, 0.15) is 166 Å². The van der Waals surface area contributed by atoms with E-state index in [0.717, 1.165) is 24.2 Å². The fourth-order valence-electron chi connectivity index (χ4n) is 6.25. The second-order valence-electron chi connectivity index (χ2n) is 14.3. The molecule has 0 spiro atoms. The molecule has 0 aliphatic heterocycles. The molecule has 0 atom stereocenters. The van der Waals surface area contributed by atoms with Crippen molar-refractivity contribution in [1.82, 2.24) is 0 Å². The van der Waals surface area contributed by atoms with Crippen molar-refractivity contribution in [3.63, 3.8) is 0 Å². The van der Waals surface area contributed by atoms with Crippen molar-refractivity contribution in [2.24, 2.45) is 0 Å². The Morgan fingerprint density at radius 3 is 0.961 bits per heavy atom. The summed E-state index contributed by atoms with van der Waals surface area (Å²) in [4.78, 5) is 25.3. The summed E-state index contributed by atoms with van der Waals surface area (Å²) in [5.41, 5.74) is 4.95. The molecule has 0 aliphatic carbocycles. The number of unbranched alkanes of at least 4 members (excludes halogenated alkanes) is 18. The van der Waals surface area contributed by atoms with E-state index in [4.69, 9.17) is 10.2 Å². The van der Waals surface area contributed by atoms with Crippen molar-refractivity contribution in [2.45, 2.75) is 168 Å². The first-order valence-corrected chi connectivity index (χ1v) is 20.3. The molecule has 0 amide bonds. The second-order valence-corrected chi connectivity index (χ2v) is 14.3. The topological polar surface area (TPSA) is 81.1 Å². The smallest absolute Gasteiger partial charge is 0.305 e. The van der Waals surface area contributed by atoms with Gasteiger partial charge in [0.25, 0.3) is 0 Å². The fraction of sp³-hybridized carbons (Fsp3) is 0.682. The minimum absolute atomic E-state index is 0. The molecule has 0 saturated heterocycles. The summed E-state index contributed by atoms with van der Waals surface area (Å²) in [7, 11) is 3.89. The van der Waals surface area contributed by atoms with E-state index in [1.54, 1.807) is 0 Å². The van der Waals surface area contributed by atoms with E-state index in [0.29, 0.717) is 13.1 Å². The van der Waals surface area contributed by atoms with Crippen LogP contribution in [0.25, 0.3) is 0 Å². The second kappa shape index (κ2) is 33.3. The van der Waals surface area contributed by atoms with Crippen LogP contribution in [-0.2, 0) is 38.9 Å². The SMILES string of the molecule is CCCCCCCCCCCCc1ccc(N(C)CCC(=O)O)cc1.CCCCCCCCCCCCc1ccc(N(C)CCC(=O)O)cc1.[Ni]. The van der Waals surface area contributed by atoms with Gasteiger partial charge in [0, 0.05) is 55.1 Å². The molecule has 6 nitrogen and oxygen atoms in total. The Labute approximate surface area is 323 Å². The van der Waals surface area contributed by atoms with E-state index in [1.807, 2.05) is 23.9 Å². The predicted molar refractivity (Wildman–Crippen MR) is 215 cm³/mol. The Morgan fingerprint density at radius 1 is 0.451 bits per heavy atom. The molecule has 0 aliphatic rings. The maximum atomic E-state index is 10.6. The summed E-state index contributed by atoms with van der Waals surface area (Å²) in [6.45, 7) is 5.64. The summed E-state index contributed by atoms with van der Waals surface area (Å²) < 4.78 is 0. The number of hydrogen-bond donors (Lipinski definition) is 2. The first-order chi connectivity index (χ1) is 24.3. The molecule has 0 radical (unpaired) electrons. The summed E-state index contributed by atoms with van der Waals surface area (Å²) >= 11 is 0. The summed E-state index contributed by atoms with van der Waals surface area (Å²) in [5, 5.41) is 17.5. The van der Waals surface area contributed by atoms with Gasteiger partial charge in [-0.1, -0.05) is 154 Å². The third kappa shape index (κ3) is 27.8. The average Bonchev–Trinajstić information content (AvgIpc) is 3.12. The van der Waals surface area contributed by atoms with Crippen LogP contribution in [0.2, 0.25) is 0 Å². The van der Waals surface area contributed by atoms with E-state index in [2.05, 4.69) is 62.4 Å². The van der Waals surface area contributed by atoms with Crippen molar-refractivity contribution in [3.05, 3.63) is 59.7 Å².